The molecule has 0 aromatic heterocycles. The van der Waals surface area contributed by atoms with Crippen LogP contribution in [0, 0.1) is 0 Å². The SMILES string of the molecule is CN(C)c1ccc(CNC(=O)C[NH+](C)CC(=O)NC(C)(C)C)cc1. The van der Waals surface area contributed by atoms with Crippen molar-refractivity contribution in [3.05, 3.63) is 29.8 Å². The zero-order chi connectivity index (χ0) is 18.3. The highest BCUT2D eigenvalue weighted by Crippen LogP contribution is 2.11. The van der Waals surface area contributed by atoms with Crippen molar-refractivity contribution >= 4 is 17.5 Å². The van der Waals surface area contributed by atoms with Crippen LogP contribution in [0.15, 0.2) is 24.3 Å². The molecule has 1 atom stereocenters. The Balaban J connectivity index is 2.36. The van der Waals surface area contributed by atoms with Gasteiger partial charge >= 0.3 is 0 Å². The number of nitrogens with zero attached hydrogens (tertiary/aromatic N) is 1. The predicted molar refractivity (Wildman–Crippen MR) is 97.1 cm³/mol. The van der Waals surface area contributed by atoms with E-state index in [1.165, 1.54) is 0 Å². The summed E-state index contributed by atoms with van der Waals surface area (Å²) in [5.74, 6) is -0.111. The van der Waals surface area contributed by atoms with E-state index >= 15 is 0 Å². The summed E-state index contributed by atoms with van der Waals surface area (Å²) in [4.78, 5) is 26.7. The predicted octanol–water partition coefficient (Wildman–Crippen LogP) is -0.202. The van der Waals surface area contributed by atoms with Crippen molar-refractivity contribution in [2.24, 2.45) is 0 Å². The largest absolute Gasteiger partial charge is 0.378 e. The molecular formula is C18H31N4O2+. The minimum absolute atomic E-state index is 0.0490. The second kappa shape index (κ2) is 8.68. The Hall–Kier alpha value is -2.08. The lowest BCUT2D eigenvalue weighted by Crippen LogP contribution is -3.11. The van der Waals surface area contributed by atoms with Crippen molar-refractivity contribution in [3.8, 4) is 0 Å². The zero-order valence-corrected chi connectivity index (χ0v) is 15.7. The van der Waals surface area contributed by atoms with E-state index < -0.39 is 0 Å². The van der Waals surface area contributed by atoms with Crippen molar-refractivity contribution in [2.75, 3.05) is 39.1 Å². The average molecular weight is 335 g/mol. The number of nitrogens with one attached hydrogen (secondary N) is 3. The standard InChI is InChI=1S/C18H30N4O2/c1-18(2,3)20-17(24)13-22(6)12-16(23)19-11-14-7-9-15(10-8-14)21(4)5/h7-10H,11-13H2,1-6H3,(H,19,23)(H,20,24)/p+1. The van der Waals surface area contributed by atoms with Gasteiger partial charge in [0.1, 0.15) is 0 Å². The number of carbonyl (C=O) groups is 2. The number of quaternary nitrogens is 1. The summed E-state index contributed by atoms with van der Waals surface area (Å²) >= 11 is 0. The Morgan fingerprint density at radius 1 is 1.04 bits per heavy atom. The fourth-order valence-electron chi connectivity index (χ4n) is 2.25. The second-order valence-corrected chi connectivity index (χ2v) is 7.45. The molecule has 3 N–H and O–H groups in total. The smallest absolute Gasteiger partial charge is 0.275 e. The van der Waals surface area contributed by atoms with Crippen LogP contribution in [0.2, 0.25) is 0 Å². The van der Waals surface area contributed by atoms with Crippen LogP contribution < -0.4 is 20.4 Å². The number of carbonyl (C=O) groups excluding carboxylic acids is 2. The molecule has 0 saturated carbocycles. The minimum Gasteiger partial charge on any atom is -0.378 e. The van der Waals surface area contributed by atoms with Gasteiger partial charge in [0.25, 0.3) is 11.8 Å². The molecule has 0 spiro atoms. The van der Waals surface area contributed by atoms with Gasteiger partial charge in [-0.25, -0.2) is 0 Å². The maximum atomic E-state index is 12.0. The van der Waals surface area contributed by atoms with Gasteiger partial charge in [-0.3, -0.25) is 9.59 Å². The molecule has 0 radical (unpaired) electrons. The Kier molecular flexibility index (Phi) is 7.22. The number of rotatable bonds is 7. The molecule has 24 heavy (non-hydrogen) atoms. The molecule has 1 unspecified atom stereocenters. The number of amides is 2. The monoisotopic (exact) mass is 335 g/mol. The van der Waals surface area contributed by atoms with Gasteiger partial charge in [-0.05, 0) is 38.5 Å². The van der Waals surface area contributed by atoms with Gasteiger partial charge in [0.05, 0.1) is 7.05 Å². The van der Waals surface area contributed by atoms with E-state index in [-0.39, 0.29) is 30.4 Å². The van der Waals surface area contributed by atoms with Crippen molar-refractivity contribution < 1.29 is 14.5 Å². The molecule has 0 bridgehead atoms. The van der Waals surface area contributed by atoms with E-state index in [2.05, 4.69) is 10.6 Å². The number of anilines is 1. The third-order valence-corrected chi connectivity index (χ3v) is 3.38. The molecule has 2 amide bonds. The van der Waals surface area contributed by atoms with Crippen LogP contribution in [-0.4, -0.2) is 51.6 Å². The van der Waals surface area contributed by atoms with Crippen LogP contribution >= 0.6 is 0 Å². The number of hydrogen-bond acceptors (Lipinski definition) is 3. The third kappa shape index (κ3) is 7.97. The zero-order valence-electron chi connectivity index (χ0n) is 15.7. The molecule has 1 aromatic rings. The van der Waals surface area contributed by atoms with Crippen molar-refractivity contribution in [2.45, 2.75) is 32.9 Å². The van der Waals surface area contributed by atoms with Gasteiger partial charge in [0, 0.05) is 31.9 Å². The molecule has 0 aliphatic rings. The van der Waals surface area contributed by atoms with Gasteiger partial charge in [-0.15, -0.1) is 0 Å². The van der Waals surface area contributed by atoms with Gasteiger partial charge in [0.15, 0.2) is 13.1 Å². The summed E-state index contributed by atoms with van der Waals surface area (Å²) in [6, 6.07) is 8.05. The van der Waals surface area contributed by atoms with Gasteiger partial charge < -0.3 is 20.4 Å². The molecule has 0 saturated heterocycles. The summed E-state index contributed by atoms with van der Waals surface area (Å²) in [5.41, 5.74) is 1.93. The fourth-order valence-corrected chi connectivity index (χ4v) is 2.25. The maximum Gasteiger partial charge on any atom is 0.275 e. The lowest BCUT2D eigenvalue weighted by Gasteiger charge is -2.21. The van der Waals surface area contributed by atoms with Crippen LogP contribution in [0.1, 0.15) is 26.3 Å². The molecule has 6 nitrogen and oxygen atoms in total. The molecule has 0 heterocycles. The first-order valence-corrected chi connectivity index (χ1v) is 8.22. The highest BCUT2D eigenvalue weighted by atomic mass is 16.2. The number of benzene rings is 1. The molecule has 1 aromatic carbocycles. The Bertz CT molecular complexity index is 547. The molecule has 0 aliphatic heterocycles. The van der Waals surface area contributed by atoms with E-state index in [0.29, 0.717) is 6.54 Å². The number of hydrogen-bond donors (Lipinski definition) is 3. The second-order valence-electron chi connectivity index (χ2n) is 7.45. The molecule has 1 rings (SSSR count). The van der Waals surface area contributed by atoms with Crippen molar-refractivity contribution in [3.63, 3.8) is 0 Å². The quantitative estimate of drug-likeness (QED) is 0.646. The first-order valence-electron chi connectivity index (χ1n) is 8.22. The van der Waals surface area contributed by atoms with Crippen LogP contribution in [0.5, 0.6) is 0 Å². The van der Waals surface area contributed by atoms with E-state index in [4.69, 9.17) is 0 Å². The maximum absolute atomic E-state index is 12.0. The summed E-state index contributed by atoms with van der Waals surface area (Å²) < 4.78 is 0. The van der Waals surface area contributed by atoms with E-state index in [9.17, 15) is 9.59 Å². The highest BCUT2D eigenvalue weighted by molar-refractivity contribution is 5.79. The van der Waals surface area contributed by atoms with E-state index in [1.54, 1.807) is 0 Å². The normalized spacial score (nSPS) is 12.4. The first kappa shape index (κ1) is 20.0. The van der Waals surface area contributed by atoms with E-state index in [1.807, 2.05) is 71.1 Å². The summed E-state index contributed by atoms with van der Waals surface area (Å²) in [6.07, 6.45) is 0. The summed E-state index contributed by atoms with van der Waals surface area (Å²) in [6.45, 7) is 6.86. The molecular weight excluding hydrogens is 304 g/mol. The van der Waals surface area contributed by atoms with Gasteiger partial charge in [-0.1, -0.05) is 12.1 Å². The summed E-state index contributed by atoms with van der Waals surface area (Å²) in [7, 11) is 5.82. The Morgan fingerprint density at radius 2 is 1.58 bits per heavy atom. The molecule has 0 fully saturated rings. The van der Waals surface area contributed by atoms with Gasteiger partial charge in [0.2, 0.25) is 0 Å². The van der Waals surface area contributed by atoms with Crippen molar-refractivity contribution in [1.82, 2.24) is 10.6 Å². The topological polar surface area (TPSA) is 65.9 Å². The Morgan fingerprint density at radius 3 is 2.08 bits per heavy atom. The summed E-state index contributed by atoms with van der Waals surface area (Å²) in [5, 5.41) is 5.79. The van der Waals surface area contributed by atoms with Crippen LogP contribution in [-0.2, 0) is 16.1 Å². The average Bonchev–Trinajstić information content (AvgIpc) is 2.43. The Labute approximate surface area is 145 Å². The molecule has 6 heteroatoms. The lowest BCUT2D eigenvalue weighted by molar-refractivity contribution is -0.862. The van der Waals surface area contributed by atoms with Crippen molar-refractivity contribution in [1.29, 1.82) is 0 Å². The van der Waals surface area contributed by atoms with Crippen LogP contribution in [0.25, 0.3) is 0 Å². The van der Waals surface area contributed by atoms with Crippen LogP contribution in [0.3, 0.4) is 0 Å². The van der Waals surface area contributed by atoms with Gasteiger partial charge in [-0.2, -0.15) is 0 Å². The minimum atomic E-state index is -0.252. The number of likely N-dealkylation sites (N-methyl/N-ethyl adjacent to an activating group) is 1. The fraction of sp³-hybridized carbons (Fsp3) is 0.556. The highest BCUT2D eigenvalue weighted by Gasteiger charge is 2.18. The third-order valence-electron chi connectivity index (χ3n) is 3.38. The lowest BCUT2D eigenvalue weighted by atomic mass is 10.1. The van der Waals surface area contributed by atoms with E-state index in [0.717, 1.165) is 16.2 Å². The first-order chi connectivity index (χ1) is 11.1. The molecule has 0 aliphatic carbocycles. The van der Waals surface area contributed by atoms with Crippen LogP contribution in [0.4, 0.5) is 5.69 Å². The molecule has 134 valence electrons.